The van der Waals surface area contributed by atoms with Crippen LogP contribution in [0.2, 0.25) is 0 Å². The fraction of sp³-hybridized carbons (Fsp3) is 0.500. The molecule has 1 heterocycles. The van der Waals surface area contributed by atoms with E-state index in [2.05, 4.69) is 11.9 Å². The summed E-state index contributed by atoms with van der Waals surface area (Å²) >= 11 is 0. The van der Waals surface area contributed by atoms with E-state index in [0.29, 0.717) is 11.5 Å². The fourth-order valence-corrected chi connectivity index (χ4v) is 2.58. The van der Waals surface area contributed by atoms with Crippen LogP contribution in [-0.2, 0) is 4.79 Å². The van der Waals surface area contributed by atoms with Gasteiger partial charge >= 0.3 is 5.97 Å². The number of carboxylic acids is 1. The third kappa shape index (κ3) is 2.71. The minimum absolute atomic E-state index is 0.353. The first-order valence-electron chi connectivity index (χ1n) is 6.28. The molecule has 0 spiro atoms. The van der Waals surface area contributed by atoms with Crippen LogP contribution in [-0.4, -0.2) is 41.2 Å². The van der Waals surface area contributed by atoms with Gasteiger partial charge in [-0.2, -0.15) is 0 Å². The molecule has 18 heavy (non-hydrogen) atoms. The summed E-state index contributed by atoms with van der Waals surface area (Å²) in [5.41, 5.74) is 1.53. The van der Waals surface area contributed by atoms with Crippen LogP contribution < -0.4 is 0 Å². The van der Waals surface area contributed by atoms with Crippen molar-refractivity contribution in [3.63, 3.8) is 0 Å². The maximum absolute atomic E-state index is 10.9. The van der Waals surface area contributed by atoms with Crippen molar-refractivity contribution in [2.24, 2.45) is 0 Å². The monoisotopic (exact) mass is 249 g/mol. The SMILES string of the molecule is CN1CCC(c2ccccc2C(O)C(=O)O)CC1. The lowest BCUT2D eigenvalue weighted by molar-refractivity contribution is -0.147. The van der Waals surface area contributed by atoms with Gasteiger partial charge in [0.05, 0.1) is 0 Å². The number of rotatable bonds is 3. The van der Waals surface area contributed by atoms with Gasteiger partial charge in [0.15, 0.2) is 6.10 Å². The molecule has 0 aliphatic carbocycles. The highest BCUT2D eigenvalue weighted by Gasteiger charge is 2.25. The van der Waals surface area contributed by atoms with E-state index in [9.17, 15) is 9.90 Å². The number of carboxylic acid groups (broad SMARTS) is 1. The van der Waals surface area contributed by atoms with Crippen LogP contribution in [0.1, 0.15) is 36.0 Å². The Morgan fingerprint density at radius 2 is 1.94 bits per heavy atom. The van der Waals surface area contributed by atoms with Gasteiger partial charge in [-0.15, -0.1) is 0 Å². The van der Waals surface area contributed by atoms with Crippen LogP contribution in [0.25, 0.3) is 0 Å². The van der Waals surface area contributed by atoms with Gasteiger partial charge in [0.2, 0.25) is 0 Å². The molecule has 1 fully saturated rings. The molecule has 1 aliphatic heterocycles. The number of nitrogens with zero attached hydrogens (tertiary/aromatic N) is 1. The largest absolute Gasteiger partial charge is 0.479 e. The number of benzene rings is 1. The molecule has 4 heteroatoms. The van der Waals surface area contributed by atoms with E-state index in [0.717, 1.165) is 31.5 Å². The third-order valence-electron chi connectivity index (χ3n) is 3.68. The number of piperidine rings is 1. The van der Waals surface area contributed by atoms with E-state index in [1.807, 2.05) is 12.1 Å². The molecule has 0 bridgehead atoms. The normalized spacial score (nSPS) is 19.7. The van der Waals surface area contributed by atoms with Crippen LogP contribution >= 0.6 is 0 Å². The number of likely N-dealkylation sites (tertiary alicyclic amines) is 1. The van der Waals surface area contributed by atoms with Crippen LogP contribution in [0.5, 0.6) is 0 Å². The van der Waals surface area contributed by atoms with E-state index in [-0.39, 0.29) is 0 Å². The average molecular weight is 249 g/mol. The molecule has 0 amide bonds. The number of hydrogen-bond acceptors (Lipinski definition) is 3. The first-order chi connectivity index (χ1) is 8.59. The molecule has 2 rings (SSSR count). The summed E-state index contributed by atoms with van der Waals surface area (Å²) in [7, 11) is 2.09. The van der Waals surface area contributed by atoms with Gasteiger partial charge in [-0.25, -0.2) is 4.79 Å². The van der Waals surface area contributed by atoms with Crippen molar-refractivity contribution in [3.8, 4) is 0 Å². The van der Waals surface area contributed by atoms with E-state index in [4.69, 9.17) is 5.11 Å². The number of carbonyl (C=O) groups is 1. The Labute approximate surface area is 107 Å². The summed E-state index contributed by atoms with van der Waals surface area (Å²) in [4.78, 5) is 13.2. The Kier molecular flexibility index (Phi) is 3.99. The molecule has 0 radical (unpaired) electrons. The minimum atomic E-state index is -1.42. The van der Waals surface area contributed by atoms with Gasteiger partial charge < -0.3 is 15.1 Å². The predicted octanol–water partition coefficient (Wildman–Crippen LogP) is 1.61. The number of aliphatic carboxylic acids is 1. The first-order valence-corrected chi connectivity index (χ1v) is 6.28. The summed E-state index contributed by atoms with van der Waals surface area (Å²) in [5, 5.41) is 18.7. The smallest absolute Gasteiger partial charge is 0.337 e. The molecule has 1 aliphatic rings. The molecule has 0 saturated carbocycles. The maximum Gasteiger partial charge on any atom is 0.337 e. The van der Waals surface area contributed by atoms with E-state index >= 15 is 0 Å². The van der Waals surface area contributed by atoms with E-state index < -0.39 is 12.1 Å². The van der Waals surface area contributed by atoms with E-state index in [1.54, 1.807) is 12.1 Å². The fourth-order valence-electron chi connectivity index (χ4n) is 2.58. The number of aliphatic hydroxyl groups is 1. The quantitative estimate of drug-likeness (QED) is 0.854. The second kappa shape index (κ2) is 5.50. The lowest BCUT2D eigenvalue weighted by atomic mass is 9.85. The third-order valence-corrected chi connectivity index (χ3v) is 3.68. The summed E-state index contributed by atoms with van der Waals surface area (Å²) in [6, 6.07) is 7.34. The molecule has 4 nitrogen and oxygen atoms in total. The summed E-state index contributed by atoms with van der Waals surface area (Å²) in [5.74, 6) is -0.832. The molecular formula is C14H19NO3. The highest BCUT2D eigenvalue weighted by Crippen LogP contribution is 2.32. The Balaban J connectivity index is 2.24. The van der Waals surface area contributed by atoms with Gasteiger partial charge in [-0.05, 0) is 50.0 Å². The van der Waals surface area contributed by atoms with Crippen molar-refractivity contribution in [2.45, 2.75) is 24.9 Å². The first kappa shape index (κ1) is 13.1. The summed E-state index contributed by atoms with van der Waals surface area (Å²) in [6.45, 7) is 2.03. The molecule has 1 aromatic rings. The van der Waals surface area contributed by atoms with E-state index in [1.165, 1.54) is 0 Å². The Bertz CT molecular complexity index is 425. The Hall–Kier alpha value is -1.39. The van der Waals surface area contributed by atoms with Gasteiger partial charge in [-0.1, -0.05) is 24.3 Å². The van der Waals surface area contributed by atoms with Crippen molar-refractivity contribution in [3.05, 3.63) is 35.4 Å². The Morgan fingerprint density at radius 3 is 2.56 bits per heavy atom. The minimum Gasteiger partial charge on any atom is -0.479 e. The second-order valence-electron chi connectivity index (χ2n) is 4.95. The van der Waals surface area contributed by atoms with Crippen LogP contribution in [0, 0.1) is 0 Å². The van der Waals surface area contributed by atoms with Gasteiger partial charge in [-0.3, -0.25) is 0 Å². The molecule has 0 aromatic heterocycles. The number of aliphatic hydroxyl groups excluding tert-OH is 1. The average Bonchev–Trinajstić information content (AvgIpc) is 2.39. The zero-order valence-electron chi connectivity index (χ0n) is 10.5. The van der Waals surface area contributed by atoms with Gasteiger partial charge in [0, 0.05) is 0 Å². The second-order valence-corrected chi connectivity index (χ2v) is 4.95. The van der Waals surface area contributed by atoms with Crippen molar-refractivity contribution in [1.82, 2.24) is 4.90 Å². The molecular weight excluding hydrogens is 230 g/mol. The predicted molar refractivity (Wildman–Crippen MR) is 68.5 cm³/mol. The zero-order valence-corrected chi connectivity index (χ0v) is 10.5. The highest BCUT2D eigenvalue weighted by molar-refractivity contribution is 5.74. The molecule has 1 atom stereocenters. The van der Waals surface area contributed by atoms with Crippen LogP contribution in [0.15, 0.2) is 24.3 Å². The lowest BCUT2D eigenvalue weighted by Gasteiger charge is -2.30. The maximum atomic E-state index is 10.9. The van der Waals surface area contributed by atoms with Gasteiger partial charge in [0.25, 0.3) is 0 Å². The van der Waals surface area contributed by atoms with Gasteiger partial charge in [0.1, 0.15) is 0 Å². The molecule has 1 unspecified atom stereocenters. The molecule has 1 saturated heterocycles. The highest BCUT2D eigenvalue weighted by atomic mass is 16.4. The summed E-state index contributed by atoms with van der Waals surface area (Å²) < 4.78 is 0. The lowest BCUT2D eigenvalue weighted by Crippen LogP contribution is -2.30. The standard InChI is InChI=1S/C14H19NO3/c1-15-8-6-10(7-9-15)11-4-2-3-5-12(11)13(16)14(17)18/h2-5,10,13,16H,6-9H2,1H3,(H,17,18). The van der Waals surface area contributed by atoms with Crippen molar-refractivity contribution < 1.29 is 15.0 Å². The van der Waals surface area contributed by atoms with Crippen molar-refractivity contribution >= 4 is 5.97 Å². The number of hydrogen-bond donors (Lipinski definition) is 2. The molecule has 1 aromatic carbocycles. The Morgan fingerprint density at radius 1 is 1.33 bits per heavy atom. The van der Waals surface area contributed by atoms with Crippen molar-refractivity contribution in [2.75, 3.05) is 20.1 Å². The molecule has 2 N–H and O–H groups in total. The zero-order chi connectivity index (χ0) is 13.1. The van der Waals surface area contributed by atoms with Crippen molar-refractivity contribution in [1.29, 1.82) is 0 Å². The summed E-state index contributed by atoms with van der Waals surface area (Å²) in [6.07, 6.45) is 0.612. The topological polar surface area (TPSA) is 60.8 Å². The van der Waals surface area contributed by atoms with Crippen LogP contribution in [0.4, 0.5) is 0 Å². The van der Waals surface area contributed by atoms with Crippen LogP contribution in [0.3, 0.4) is 0 Å². The molecule has 98 valence electrons.